The predicted molar refractivity (Wildman–Crippen MR) is 141 cm³/mol. The average molecular weight is 530 g/mol. The first kappa shape index (κ1) is 24.8. The molecule has 3 aromatic rings. The largest absolute Gasteiger partial charge is 0.289 e. The standard InChI is InChI=1S/C28H27BrCl2O/c1-20-8-10-21(11-9-20)6-4-2-3-5-7-22-12-14-24(29)18-23(22)13-17-28(32)26-16-15-25(30)19-27(26)31/h8-19H,2-7H2,1H3. The summed E-state index contributed by atoms with van der Waals surface area (Å²) in [6.07, 6.45) is 10.4. The molecule has 3 rings (SSSR count). The molecule has 32 heavy (non-hydrogen) atoms. The summed E-state index contributed by atoms with van der Waals surface area (Å²) in [5.74, 6) is -0.131. The van der Waals surface area contributed by atoms with Gasteiger partial charge < -0.3 is 0 Å². The van der Waals surface area contributed by atoms with Gasteiger partial charge in [0.2, 0.25) is 0 Å². The van der Waals surface area contributed by atoms with Gasteiger partial charge in [0.05, 0.1) is 5.02 Å². The molecular formula is C28H27BrCl2O. The minimum Gasteiger partial charge on any atom is -0.289 e. The minimum absolute atomic E-state index is 0.131. The molecule has 0 aliphatic carbocycles. The Morgan fingerprint density at radius 1 is 0.875 bits per heavy atom. The summed E-state index contributed by atoms with van der Waals surface area (Å²) in [5.41, 5.74) is 5.49. The zero-order chi connectivity index (χ0) is 22.9. The van der Waals surface area contributed by atoms with Crippen molar-refractivity contribution in [3.05, 3.63) is 109 Å². The van der Waals surface area contributed by atoms with Crippen LogP contribution in [0.4, 0.5) is 0 Å². The molecule has 0 spiro atoms. The fraction of sp³-hybridized carbons (Fsp3) is 0.250. The maximum absolute atomic E-state index is 12.6. The van der Waals surface area contributed by atoms with E-state index >= 15 is 0 Å². The predicted octanol–water partition coefficient (Wildman–Crippen LogP) is 9.31. The first-order valence-corrected chi connectivity index (χ1v) is 12.5. The van der Waals surface area contributed by atoms with Gasteiger partial charge in [0.25, 0.3) is 0 Å². The molecule has 1 nitrogen and oxygen atoms in total. The number of hydrogen-bond acceptors (Lipinski definition) is 1. The Kier molecular flexibility index (Phi) is 9.59. The third-order valence-electron chi connectivity index (χ3n) is 5.50. The van der Waals surface area contributed by atoms with Gasteiger partial charge in [-0.1, -0.05) is 93.9 Å². The highest BCUT2D eigenvalue weighted by Crippen LogP contribution is 2.24. The molecule has 0 fully saturated rings. The molecule has 0 atom stereocenters. The number of halogens is 3. The van der Waals surface area contributed by atoms with Crippen LogP contribution in [-0.4, -0.2) is 5.78 Å². The van der Waals surface area contributed by atoms with Gasteiger partial charge in [0, 0.05) is 15.1 Å². The van der Waals surface area contributed by atoms with Crippen LogP contribution in [0, 0.1) is 6.92 Å². The number of carbonyl (C=O) groups excluding carboxylic acids is 1. The number of carbonyl (C=O) groups is 1. The van der Waals surface area contributed by atoms with Crippen molar-refractivity contribution < 1.29 is 4.79 Å². The van der Waals surface area contributed by atoms with Gasteiger partial charge in [-0.3, -0.25) is 4.79 Å². The van der Waals surface area contributed by atoms with Crippen molar-refractivity contribution in [2.45, 2.75) is 45.4 Å². The van der Waals surface area contributed by atoms with Crippen LogP contribution in [0.3, 0.4) is 0 Å². The van der Waals surface area contributed by atoms with Crippen LogP contribution in [0.2, 0.25) is 10.0 Å². The summed E-state index contributed by atoms with van der Waals surface area (Å²) >= 11 is 15.6. The van der Waals surface area contributed by atoms with Crippen LogP contribution < -0.4 is 0 Å². The number of hydrogen-bond donors (Lipinski definition) is 0. The Bertz CT molecular complexity index is 1090. The van der Waals surface area contributed by atoms with Crippen LogP contribution in [0.25, 0.3) is 6.08 Å². The molecule has 0 N–H and O–H groups in total. The maximum atomic E-state index is 12.6. The summed E-state index contributed by atoms with van der Waals surface area (Å²) in [6.45, 7) is 2.12. The molecule has 0 aliphatic rings. The van der Waals surface area contributed by atoms with Crippen LogP contribution in [-0.2, 0) is 12.8 Å². The lowest BCUT2D eigenvalue weighted by Crippen LogP contribution is -1.96. The number of ketones is 1. The molecule has 0 aromatic heterocycles. The van der Waals surface area contributed by atoms with Crippen LogP contribution in [0.5, 0.6) is 0 Å². The Morgan fingerprint density at radius 2 is 1.59 bits per heavy atom. The Morgan fingerprint density at radius 3 is 2.31 bits per heavy atom. The Balaban J connectivity index is 1.53. The molecular weight excluding hydrogens is 503 g/mol. The number of allylic oxidation sites excluding steroid dienone is 1. The van der Waals surface area contributed by atoms with E-state index < -0.39 is 0 Å². The molecule has 0 radical (unpaired) electrons. The molecule has 0 saturated heterocycles. The SMILES string of the molecule is Cc1ccc(CCCCCCc2ccc(Br)cc2C=CC(=O)c2ccc(Cl)cc2Cl)cc1. The molecule has 4 heteroatoms. The molecule has 0 amide bonds. The number of unbranched alkanes of at least 4 members (excludes halogenated alkanes) is 3. The van der Waals surface area contributed by atoms with E-state index in [9.17, 15) is 4.79 Å². The summed E-state index contributed by atoms with van der Waals surface area (Å²) < 4.78 is 0.996. The first-order valence-electron chi connectivity index (χ1n) is 10.9. The Labute approximate surface area is 209 Å². The van der Waals surface area contributed by atoms with Gasteiger partial charge in [-0.05, 0) is 85.7 Å². The molecule has 0 unspecified atom stereocenters. The second-order valence-electron chi connectivity index (χ2n) is 8.06. The van der Waals surface area contributed by atoms with E-state index in [1.54, 1.807) is 24.3 Å². The third kappa shape index (κ3) is 7.62. The quantitative estimate of drug-likeness (QED) is 0.145. The van der Waals surface area contributed by atoms with Crippen molar-refractivity contribution in [2.75, 3.05) is 0 Å². The van der Waals surface area contributed by atoms with E-state index in [0.29, 0.717) is 15.6 Å². The van der Waals surface area contributed by atoms with Crippen molar-refractivity contribution in [1.29, 1.82) is 0 Å². The van der Waals surface area contributed by atoms with Gasteiger partial charge in [-0.2, -0.15) is 0 Å². The monoisotopic (exact) mass is 528 g/mol. The third-order valence-corrected chi connectivity index (χ3v) is 6.54. The topological polar surface area (TPSA) is 17.1 Å². The van der Waals surface area contributed by atoms with E-state index in [-0.39, 0.29) is 5.78 Å². The molecule has 3 aromatic carbocycles. The highest BCUT2D eigenvalue weighted by Gasteiger charge is 2.09. The van der Waals surface area contributed by atoms with Crippen molar-refractivity contribution in [1.82, 2.24) is 0 Å². The summed E-state index contributed by atoms with van der Waals surface area (Å²) in [4.78, 5) is 12.6. The number of aryl methyl sites for hydroxylation is 3. The summed E-state index contributed by atoms with van der Waals surface area (Å²) in [7, 11) is 0. The lowest BCUT2D eigenvalue weighted by molar-refractivity contribution is 0.104. The molecule has 0 saturated carbocycles. The fourth-order valence-electron chi connectivity index (χ4n) is 3.65. The molecule has 166 valence electrons. The second kappa shape index (κ2) is 12.4. The molecule has 0 aliphatic heterocycles. The van der Waals surface area contributed by atoms with Gasteiger partial charge in [-0.25, -0.2) is 0 Å². The van der Waals surface area contributed by atoms with Crippen molar-refractivity contribution >= 4 is 51.0 Å². The smallest absolute Gasteiger partial charge is 0.187 e. The maximum Gasteiger partial charge on any atom is 0.187 e. The first-order chi connectivity index (χ1) is 15.4. The number of rotatable bonds is 10. The summed E-state index contributed by atoms with van der Waals surface area (Å²) in [5, 5.41) is 0.885. The van der Waals surface area contributed by atoms with Crippen molar-refractivity contribution in [3.8, 4) is 0 Å². The van der Waals surface area contributed by atoms with Crippen LogP contribution >= 0.6 is 39.1 Å². The van der Waals surface area contributed by atoms with Crippen molar-refractivity contribution in [2.24, 2.45) is 0 Å². The summed E-state index contributed by atoms with van der Waals surface area (Å²) in [6, 6.07) is 20.0. The Hall–Kier alpha value is -1.87. The minimum atomic E-state index is -0.131. The van der Waals surface area contributed by atoms with E-state index in [0.717, 1.165) is 29.3 Å². The average Bonchev–Trinajstić information content (AvgIpc) is 2.76. The van der Waals surface area contributed by atoms with Gasteiger partial charge in [0.1, 0.15) is 0 Å². The van der Waals surface area contributed by atoms with Crippen molar-refractivity contribution in [3.63, 3.8) is 0 Å². The van der Waals surface area contributed by atoms with E-state index in [1.165, 1.54) is 36.0 Å². The zero-order valence-corrected chi connectivity index (χ0v) is 21.3. The van der Waals surface area contributed by atoms with E-state index in [4.69, 9.17) is 23.2 Å². The van der Waals surface area contributed by atoms with Crippen LogP contribution in [0.15, 0.2) is 71.2 Å². The van der Waals surface area contributed by atoms with Gasteiger partial charge in [0.15, 0.2) is 5.78 Å². The second-order valence-corrected chi connectivity index (χ2v) is 9.82. The molecule has 0 bridgehead atoms. The van der Waals surface area contributed by atoms with E-state index in [2.05, 4.69) is 65.3 Å². The van der Waals surface area contributed by atoms with Gasteiger partial charge >= 0.3 is 0 Å². The highest BCUT2D eigenvalue weighted by atomic mass is 79.9. The van der Waals surface area contributed by atoms with E-state index in [1.807, 2.05) is 6.08 Å². The normalized spacial score (nSPS) is 11.2. The fourth-order valence-corrected chi connectivity index (χ4v) is 4.53. The van der Waals surface area contributed by atoms with Gasteiger partial charge in [-0.15, -0.1) is 0 Å². The lowest BCUT2D eigenvalue weighted by atomic mass is 9.99. The van der Waals surface area contributed by atoms with Crippen LogP contribution in [0.1, 0.15) is 58.3 Å². The highest BCUT2D eigenvalue weighted by molar-refractivity contribution is 9.10. The zero-order valence-electron chi connectivity index (χ0n) is 18.2. The lowest BCUT2D eigenvalue weighted by Gasteiger charge is -2.08. The number of benzene rings is 3. The molecule has 0 heterocycles.